The van der Waals surface area contributed by atoms with Crippen molar-refractivity contribution in [3.05, 3.63) is 47.8 Å². The monoisotopic (exact) mass is 430 g/mol. The summed E-state index contributed by atoms with van der Waals surface area (Å²) in [5.41, 5.74) is 7.40. The zero-order valence-electron chi connectivity index (χ0n) is 16.6. The first-order chi connectivity index (χ1) is 14.4. The van der Waals surface area contributed by atoms with Crippen LogP contribution in [0.4, 0.5) is 20.3 Å². The first-order valence-electron chi connectivity index (χ1n) is 9.29. The Morgan fingerprint density at radius 3 is 2.77 bits per heavy atom. The fourth-order valence-electron chi connectivity index (χ4n) is 3.35. The van der Waals surface area contributed by atoms with Crippen molar-refractivity contribution in [2.24, 2.45) is 16.6 Å². The quantitative estimate of drug-likeness (QED) is 0.641. The van der Waals surface area contributed by atoms with E-state index in [9.17, 15) is 8.78 Å². The molecule has 2 unspecified atom stereocenters. The highest BCUT2D eigenvalue weighted by atomic mass is 32.2. The number of nitrogens with zero attached hydrogens (tertiary/aromatic N) is 4. The van der Waals surface area contributed by atoms with Crippen molar-refractivity contribution >= 4 is 39.5 Å². The van der Waals surface area contributed by atoms with Gasteiger partial charge in [0.2, 0.25) is 5.88 Å². The largest absolute Gasteiger partial charge is 0.480 e. The minimum atomic E-state index is -0.977. The molecule has 0 saturated heterocycles. The molecule has 1 aliphatic rings. The van der Waals surface area contributed by atoms with Gasteiger partial charge < -0.3 is 15.8 Å². The van der Waals surface area contributed by atoms with Gasteiger partial charge in [-0.25, -0.2) is 23.7 Å². The summed E-state index contributed by atoms with van der Waals surface area (Å²) in [6.07, 6.45) is 3.01. The van der Waals surface area contributed by atoms with Gasteiger partial charge in [-0.2, -0.15) is 0 Å². The predicted octanol–water partition coefficient (Wildman–Crippen LogP) is 4.18. The van der Waals surface area contributed by atoms with E-state index in [1.54, 1.807) is 12.3 Å². The lowest BCUT2D eigenvalue weighted by atomic mass is 9.91. The number of hydrogen-bond acceptors (Lipinski definition) is 8. The molecule has 0 radical (unpaired) electrons. The Balaban J connectivity index is 1.75. The molecule has 0 aliphatic carbocycles. The van der Waals surface area contributed by atoms with Crippen LogP contribution in [0.1, 0.15) is 25.5 Å². The van der Waals surface area contributed by atoms with Gasteiger partial charge in [-0.15, -0.1) is 0 Å². The summed E-state index contributed by atoms with van der Waals surface area (Å²) in [4.78, 5) is 17.3. The summed E-state index contributed by atoms with van der Waals surface area (Å²) < 4.78 is 34.3. The SMILES string of the molecule is COc1cnc2c(Nc3cc(F)c(F)c(C4N=C(N)SC(C)[C@H]4C)c3)nccc2n1. The van der Waals surface area contributed by atoms with Gasteiger partial charge in [0.15, 0.2) is 22.6 Å². The van der Waals surface area contributed by atoms with Crippen molar-refractivity contribution in [1.29, 1.82) is 0 Å². The van der Waals surface area contributed by atoms with Crippen LogP contribution in [0, 0.1) is 17.6 Å². The number of halogens is 2. The molecule has 3 N–H and O–H groups in total. The highest BCUT2D eigenvalue weighted by Crippen LogP contribution is 2.40. The minimum Gasteiger partial charge on any atom is -0.480 e. The molecule has 4 rings (SSSR count). The lowest BCUT2D eigenvalue weighted by molar-refractivity contribution is 0.397. The van der Waals surface area contributed by atoms with Gasteiger partial charge in [0.25, 0.3) is 0 Å². The molecule has 1 aromatic carbocycles. The normalized spacial score (nSPS) is 21.4. The Hall–Kier alpha value is -3.01. The van der Waals surface area contributed by atoms with E-state index in [0.717, 1.165) is 6.07 Å². The smallest absolute Gasteiger partial charge is 0.232 e. The summed E-state index contributed by atoms with van der Waals surface area (Å²) in [6.45, 7) is 3.94. The third kappa shape index (κ3) is 3.74. The maximum Gasteiger partial charge on any atom is 0.232 e. The van der Waals surface area contributed by atoms with Crippen LogP contribution in [0.3, 0.4) is 0 Å². The van der Waals surface area contributed by atoms with E-state index in [0.29, 0.717) is 33.6 Å². The van der Waals surface area contributed by atoms with E-state index in [4.69, 9.17) is 10.5 Å². The van der Waals surface area contributed by atoms with Crippen molar-refractivity contribution < 1.29 is 13.5 Å². The van der Waals surface area contributed by atoms with Crippen LogP contribution in [0.5, 0.6) is 5.88 Å². The summed E-state index contributed by atoms with van der Waals surface area (Å²) in [5.74, 6) is -1.20. The Morgan fingerprint density at radius 2 is 2.00 bits per heavy atom. The highest BCUT2D eigenvalue weighted by Gasteiger charge is 2.32. The lowest BCUT2D eigenvalue weighted by Crippen LogP contribution is -2.29. The summed E-state index contributed by atoms with van der Waals surface area (Å²) in [6, 6.07) is 3.72. The molecule has 3 heterocycles. The topological polar surface area (TPSA) is 98.3 Å². The molecule has 3 atom stereocenters. The zero-order valence-corrected chi connectivity index (χ0v) is 17.4. The van der Waals surface area contributed by atoms with Crippen LogP contribution in [-0.4, -0.2) is 32.5 Å². The van der Waals surface area contributed by atoms with E-state index in [1.807, 2.05) is 13.8 Å². The fraction of sp³-hybridized carbons (Fsp3) is 0.300. The number of aliphatic imine (C=N–C) groups is 1. The standard InChI is InChI=1S/C20H20F2N6OS/c1-9-10(2)30-20(23)28-17(9)12-6-11(7-13(21)16(12)22)26-19-18-14(4-5-24-19)27-15(29-3)8-25-18/h4-10,17H,1-3H3,(H2,23,28)(H,24,26)/t9-,10?,17?/m1/s1. The summed E-state index contributed by atoms with van der Waals surface area (Å²) >= 11 is 1.43. The number of thioether (sulfide) groups is 1. The van der Waals surface area contributed by atoms with Crippen LogP contribution in [0.2, 0.25) is 0 Å². The molecule has 0 saturated carbocycles. The third-order valence-electron chi connectivity index (χ3n) is 5.10. The summed E-state index contributed by atoms with van der Waals surface area (Å²) in [7, 11) is 1.50. The number of benzene rings is 1. The van der Waals surface area contributed by atoms with E-state index >= 15 is 0 Å². The van der Waals surface area contributed by atoms with Gasteiger partial charge >= 0.3 is 0 Å². The van der Waals surface area contributed by atoms with Crippen LogP contribution >= 0.6 is 11.8 Å². The van der Waals surface area contributed by atoms with Crippen molar-refractivity contribution in [3.8, 4) is 5.88 Å². The Bertz CT molecular complexity index is 1140. The van der Waals surface area contributed by atoms with E-state index < -0.39 is 17.7 Å². The number of amidine groups is 1. The number of nitrogens with two attached hydrogens (primary N) is 1. The number of hydrogen-bond donors (Lipinski definition) is 2. The van der Waals surface area contributed by atoms with Gasteiger partial charge in [-0.1, -0.05) is 25.6 Å². The molecule has 156 valence electrons. The Labute approximate surface area is 176 Å². The maximum absolute atomic E-state index is 14.7. The Morgan fingerprint density at radius 1 is 1.20 bits per heavy atom. The van der Waals surface area contributed by atoms with Crippen molar-refractivity contribution in [2.45, 2.75) is 25.1 Å². The number of methoxy groups -OCH3 is 1. The third-order valence-corrected chi connectivity index (χ3v) is 6.24. The van der Waals surface area contributed by atoms with Gasteiger partial charge in [0, 0.05) is 28.8 Å². The maximum atomic E-state index is 14.7. The molecular formula is C20H20F2N6OS. The Kier molecular flexibility index (Phi) is 5.42. The number of nitrogens with one attached hydrogen (secondary N) is 1. The number of fused-ring (bicyclic) bond motifs is 1. The molecule has 3 aromatic rings. The molecule has 7 nitrogen and oxygen atoms in total. The van der Waals surface area contributed by atoms with Crippen LogP contribution < -0.4 is 15.8 Å². The van der Waals surface area contributed by atoms with E-state index in [1.165, 1.54) is 31.1 Å². The minimum absolute atomic E-state index is 0.0274. The molecule has 2 aromatic heterocycles. The van der Waals surface area contributed by atoms with Crippen LogP contribution in [0.15, 0.2) is 35.6 Å². The van der Waals surface area contributed by atoms with Gasteiger partial charge in [0.1, 0.15) is 5.52 Å². The van der Waals surface area contributed by atoms with E-state index in [-0.39, 0.29) is 16.7 Å². The predicted molar refractivity (Wildman–Crippen MR) is 114 cm³/mol. The van der Waals surface area contributed by atoms with Crippen LogP contribution in [-0.2, 0) is 0 Å². The molecular weight excluding hydrogens is 410 g/mol. The number of ether oxygens (including phenoxy) is 1. The molecule has 0 spiro atoms. The van der Waals surface area contributed by atoms with Gasteiger partial charge in [-0.3, -0.25) is 4.99 Å². The average Bonchev–Trinajstić information content (AvgIpc) is 2.73. The second-order valence-corrected chi connectivity index (χ2v) is 8.42. The number of pyridine rings is 1. The molecule has 0 amide bonds. The molecule has 1 aliphatic heterocycles. The zero-order chi connectivity index (χ0) is 21.4. The first kappa shape index (κ1) is 20.3. The van der Waals surface area contributed by atoms with Crippen molar-refractivity contribution in [3.63, 3.8) is 0 Å². The van der Waals surface area contributed by atoms with Crippen LogP contribution in [0.25, 0.3) is 11.0 Å². The summed E-state index contributed by atoms with van der Waals surface area (Å²) in [5, 5.41) is 3.51. The molecule has 0 fully saturated rings. The van der Waals surface area contributed by atoms with Crippen molar-refractivity contribution in [2.75, 3.05) is 12.4 Å². The van der Waals surface area contributed by atoms with Crippen molar-refractivity contribution in [1.82, 2.24) is 15.0 Å². The number of anilines is 2. The van der Waals surface area contributed by atoms with Gasteiger partial charge in [-0.05, 0) is 18.1 Å². The average molecular weight is 430 g/mol. The highest BCUT2D eigenvalue weighted by molar-refractivity contribution is 8.14. The van der Waals surface area contributed by atoms with E-state index in [2.05, 4.69) is 25.3 Å². The number of rotatable bonds is 4. The molecule has 0 bridgehead atoms. The molecule has 10 heteroatoms. The lowest BCUT2D eigenvalue weighted by Gasteiger charge is -2.31. The van der Waals surface area contributed by atoms with Gasteiger partial charge in [0.05, 0.1) is 24.9 Å². The second-order valence-electron chi connectivity index (χ2n) is 7.02. The first-order valence-corrected chi connectivity index (χ1v) is 10.2. The molecule has 30 heavy (non-hydrogen) atoms. The fourth-order valence-corrected chi connectivity index (χ4v) is 4.26. The second kappa shape index (κ2) is 8.02. The number of aromatic nitrogens is 3.